The van der Waals surface area contributed by atoms with E-state index < -0.39 is 0 Å². The number of hydrogen-bond donors (Lipinski definition) is 2. The molecule has 1 amide bonds. The Bertz CT molecular complexity index is 1220. The molecule has 2 N–H and O–H groups in total. The zero-order chi connectivity index (χ0) is 20.9. The van der Waals surface area contributed by atoms with Crippen LogP contribution in [-0.4, -0.2) is 21.0 Å². The van der Waals surface area contributed by atoms with Crippen molar-refractivity contribution in [2.24, 2.45) is 0 Å². The summed E-state index contributed by atoms with van der Waals surface area (Å²) in [4.78, 5) is 20.8. The maximum Gasteiger partial charge on any atom is 0.250 e. The number of rotatable bonds is 4. The first-order valence-corrected chi connectivity index (χ1v) is 9.67. The van der Waals surface area contributed by atoms with Gasteiger partial charge in [-0.3, -0.25) is 10.1 Å². The molecule has 2 heterocycles. The van der Waals surface area contributed by atoms with Gasteiger partial charge in [-0.05, 0) is 60.6 Å². The number of oxazole rings is 1. The van der Waals surface area contributed by atoms with Gasteiger partial charge in [-0.1, -0.05) is 36.4 Å². The van der Waals surface area contributed by atoms with Gasteiger partial charge in [0.2, 0.25) is 11.8 Å². The molecule has 0 spiro atoms. The van der Waals surface area contributed by atoms with E-state index >= 15 is 0 Å². The van der Waals surface area contributed by atoms with Gasteiger partial charge in [-0.25, -0.2) is 4.98 Å². The summed E-state index contributed by atoms with van der Waals surface area (Å²) in [6, 6.07) is 18.8. The van der Waals surface area contributed by atoms with Gasteiger partial charge in [0.05, 0.1) is 0 Å². The summed E-state index contributed by atoms with van der Waals surface area (Å²) in [5.74, 6) is 0.167. The van der Waals surface area contributed by atoms with Crippen molar-refractivity contribution in [2.45, 2.75) is 6.92 Å². The van der Waals surface area contributed by atoms with Crippen LogP contribution in [0.15, 0.2) is 77.4 Å². The van der Waals surface area contributed by atoms with Gasteiger partial charge in [-0.2, -0.15) is 4.98 Å². The number of anilines is 1. The number of amides is 1. The Kier molecular flexibility index (Phi) is 5.63. The van der Waals surface area contributed by atoms with Crippen molar-refractivity contribution in [2.75, 3.05) is 5.32 Å². The smallest absolute Gasteiger partial charge is 0.250 e. The summed E-state index contributed by atoms with van der Waals surface area (Å²) in [5.41, 5.74) is 4.57. The molecule has 30 heavy (non-hydrogen) atoms. The third-order valence-corrected chi connectivity index (χ3v) is 4.64. The minimum atomic E-state index is -0.310. The lowest BCUT2D eigenvalue weighted by molar-refractivity contribution is -0.115. The van der Waals surface area contributed by atoms with Crippen molar-refractivity contribution in [3.63, 3.8) is 0 Å². The number of nitrogens with one attached hydrogen (secondary N) is 2. The van der Waals surface area contributed by atoms with E-state index in [4.69, 9.17) is 16.6 Å². The zero-order valence-electron chi connectivity index (χ0n) is 16.1. The minimum Gasteiger partial charge on any atom is -0.434 e. The molecule has 4 rings (SSSR count). The van der Waals surface area contributed by atoms with Crippen LogP contribution in [0.3, 0.4) is 0 Å². The lowest BCUT2D eigenvalue weighted by Crippen LogP contribution is -2.33. The van der Waals surface area contributed by atoms with Crippen LogP contribution in [0.4, 0.5) is 5.69 Å². The summed E-state index contributed by atoms with van der Waals surface area (Å²) < 4.78 is 5.82. The number of fused-ring (bicyclic) bond motifs is 1. The van der Waals surface area contributed by atoms with E-state index in [1.807, 2.05) is 61.5 Å². The van der Waals surface area contributed by atoms with Crippen molar-refractivity contribution in [1.82, 2.24) is 15.3 Å². The Balaban J connectivity index is 1.47. The number of nitrogens with zero attached hydrogens (tertiary/aromatic N) is 2. The van der Waals surface area contributed by atoms with Gasteiger partial charge in [0.25, 0.3) is 0 Å². The summed E-state index contributed by atoms with van der Waals surface area (Å²) >= 11 is 5.29. The number of hydrogen-bond acceptors (Lipinski definition) is 5. The maximum atomic E-state index is 12.1. The highest BCUT2D eigenvalue weighted by Crippen LogP contribution is 2.29. The third-order valence-electron chi connectivity index (χ3n) is 4.44. The van der Waals surface area contributed by atoms with Crippen molar-refractivity contribution in [3.05, 3.63) is 84.1 Å². The molecule has 0 radical (unpaired) electrons. The van der Waals surface area contributed by atoms with Crippen LogP contribution in [0.25, 0.3) is 28.8 Å². The number of pyridine rings is 1. The average Bonchev–Trinajstić information content (AvgIpc) is 3.18. The number of benzene rings is 2. The maximum absolute atomic E-state index is 12.1. The summed E-state index contributed by atoms with van der Waals surface area (Å²) in [5, 5.41) is 5.92. The predicted octanol–water partition coefficient (Wildman–Crippen LogP) is 4.72. The molecule has 2 aromatic carbocycles. The topological polar surface area (TPSA) is 80.0 Å². The largest absolute Gasteiger partial charge is 0.434 e. The molecule has 0 atom stereocenters. The molecular formula is C23H18N4O2S. The predicted molar refractivity (Wildman–Crippen MR) is 122 cm³/mol. The first-order valence-electron chi connectivity index (χ1n) is 9.27. The Labute approximate surface area is 178 Å². The molecule has 4 aromatic rings. The van der Waals surface area contributed by atoms with E-state index in [9.17, 15) is 4.79 Å². The molecule has 0 aliphatic carbocycles. The first-order chi connectivity index (χ1) is 14.6. The van der Waals surface area contributed by atoms with E-state index in [-0.39, 0.29) is 11.0 Å². The average molecular weight is 414 g/mol. The van der Waals surface area contributed by atoms with Crippen molar-refractivity contribution in [1.29, 1.82) is 0 Å². The lowest BCUT2D eigenvalue weighted by atomic mass is 10.1. The summed E-state index contributed by atoms with van der Waals surface area (Å²) in [6.45, 7) is 1.93. The summed E-state index contributed by atoms with van der Waals surface area (Å²) in [6.07, 6.45) is 4.84. The molecule has 6 nitrogen and oxygen atoms in total. The molecule has 0 saturated heterocycles. The van der Waals surface area contributed by atoms with Crippen LogP contribution in [0.1, 0.15) is 11.1 Å². The minimum absolute atomic E-state index is 0.206. The molecule has 0 aliphatic rings. The van der Waals surface area contributed by atoms with Crippen LogP contribution in [0.5, 0.6) is 0 Å². The van der Waals surface area contributed by atoms with Crippen LogP contribution in [-0.2, 0) is 4.79 Å². The molecule has 0 aliphatic heterocycles. The van der Waals surface area contributed by atoms with E-state index in [2.05, 4.69) is 20.6 Å². The second-order valence-corrected chi connectivity index (χ2v) is 6.92. The molecule has 148 valence electrons. The van der Waals surface area contributed by atoms with Gasteiger partial charge in [0.1, 0.15) is 0 Å². The first kappa shape index (κ1) is 19.5. The molecule has 2 aromatic heterocycles. The molecule has 0 unspecified atom stereocenters. The lowest BCUT2D eigenvalue weighted by Gasteiger charge is -2.12. The fourth-order valence-electron chi connectivity index (χ4n) is 2.93. The van der Waals surface area contributed by atoms with Crippen molar-refractivity contribution < 1.29 is 9.21 Å². The quantitative estimate of drug-likeness (QED) is 0.371. The fourth-order valence-corrected chi connectivity index (χ4v) is 3.14. The molecular weight excluding hydrogens is 396 g/mol. The highest BCUT2D eigenvalue weighted by atomic mass is 32.1. The Morgan fingerprint density at radius 3 is 2.70 bits per heavy atom. The standard InChI is InChI=1S/C23H18N4O2S/c1-15-17(22-27-21-19(29-22)11-6-14-24-21)9-5-10-18(15)25-23(30)26-20(28)13-12-16-7-3-2-4-8-16/h2-14H,1H3,(H2,25,26,28,30)/b13-12+. The highest BCUT2D eigenvalue weighted by Gasteiger charge is 2.14. The van der Waals surface area contributed by atoms with E-state index in [1.165, 1.54) is 6.08 Å². The molecule has 0 fully saturated rings. The Hall–Kier alpha value is -3.84. The van der Waals surface area contributed by atoms with Gasteiger partial charge in [-0.15, -0.1) is 0 Å². The molecule has 0 bridgehead atoms. The summed E-state index contributed by atoms with van der Waals surface area (Å²) in [7, 11) is 0. The van der Waals surface area contributed by atoms with Gasteiger partial charge in [0, 0.05) is 23.5 Å². The number of carbonyl (C=O) groups is 1. The van der Waals surface area contributed by atoms with Crippen LogP contribution in [0.2, 0.25) is 0 Å². The van der Waals surface area contributed by atoms with Gasteiger partial charge >= 0.3 is 0 Å². The van der Waals surface area contributed by atoms with E-state index in [1.54, 1.807) is 18.3 Å². The van der Waals surface area contributed by atoms with E-state index in [0.29, 0.717) is 17.1 Å². The van der Waals surface area contributed by atoms with E-state index in [0.717, 1.165) is 22.4 Å². The third kappa shape index (κ3) is 4.42. The Morgan fingerprint density at radius 1 is 1.07 bits per heavy atom. The second-order valence-electron chi connectivity index (χ2n) is 6.51. The monoisotopic (exact) mass is 414 g/mol. The van der Waals surface area contributed by atoms with Crippen molar-refractivity contribution >= 4 is 46.2 Å². The highest BCUT2D eigenvalue weighted by molar-refractivity contribution is 7.80. The van der Waals surface area contributed by atoms with Crippen LogP contribution in [0, 0.1) is 6.92 Å². The Morgan fingerprint density at radius 2 is 1.90 bits per heavy atom. The number of aromatic nitrogens is 2. The van der Waals surface area contributed by atoms with Crippen LogP contribution < -0.4 is 10.6 Å². The van der Waals surface area contributed by atoms with Gasteiger partial charge in [0.15, 0.2) is 16.3 Å². The number of carbonyl (C=O) groups excluding carboxylic acids is 1. The normalized spacial score (nSPS) is 11.0. The van der Waals surface area contributed by atoms with Crippen LogP contribution >= 0.6 is 12.2 Å². The zero-order valence-corrected chi connectivity index (χ0v) is 16.9. The van der Waals surface area contributed by atoms with Crippen molar-refractivity contribution in [3.8, 4) is 11.5 Å². The number of thiocarbonyl (C=S) groups is 1. The van der Waals surface area contributed by atoms with Gasteiger partial charge < -0.3 is 9.73 Å². The fraction of sp³-hybridized carbons (Fsp3) is 0.0435. The molecule has 0 saturated carbocycles. The second kappa shape index (κ2) is 8.67. The SMILES string of the molecule is Cc1c(NC(=S)NC(=O)/C=C/c2ccccc2)cccc1-c1nc2ncccc2o1. The molecule has 7 heteroatoms.